The first kappa shape index (κ1) is 25.5. The first-order valence-electron chi connectivity index (χ1n) is 10.6. The lowest BCUT2D eigenvalue weighted by atomic mass is 9.94. The monoisotopic (exact) mass is 442 g/mol. The second-order valence-corrected chi connectivity index (χ2v) is 8.20. The van der Waals surface area contributed by atoms with E-state index in [1.54, 1.807) is 0 Å². The van der Waals surface area contributed by atoms with Crippen LogP contribution in [0.3, 0.4) is 0 Å². The van der Waals surface area contributed by atoms with E-state index in [2.05, 4.69) is 0 Å². The zero-order chi connectivity index (χ0) is 23.1. The van der Waals surface area contributed by atoms with Crippen molar-refractivity contribution in [3.63, 3.8) is 0 Å². The van der Waals surface area contributed by atoms with Crippen molar-refractivity contribution in [3.05, 3.63) is 29.3 Å². The summed E-state index contributed by atoms with van der Waals surface area (Å²) in [6.07, 6.45) is -7.19. The van der Waals surface area contributed by atoms with E-state index in [1.165, 1.54) is 0 Å². The van der Waals surface area contributed by atoms with Crippen LogP contribution in [0.25, 0.3) is 0 Å². The normalized spacial score (nSPS) is 26.3. The number of rotatable bonds is 9. The lowest BCUT2D eigenvalue weighted by Gasteiger charge is -2.39. The smallest absolute Gasteiger partial charge is 0.434 e. The van der Waals surface area contributed by atoms with Crippen molar-refractivity contribution in [2.45, 2.75) is 76.7 Å². The predicted molar refractivity (Wildman–Crippen MR) is 111 cm³/mol. The summed E-state index contributed by atoms with van der Waals surface area (Å²) in [6.45, 7) is 7.62. The summed E-state index contributed by atoms with van der Waals surface area (Å²) in [7, 11) is 0. The zero-order valence-corrected chi connectivity index (χ0v) is 18.4. The average Bonchev–Trinajstić information content (AvgIpc) is 2.73. The highest BCUT2D eigenvalue weighted by atomic mass is 16.7. The van der Waals surface area contributed by atoms with Crippen molar-refractivity contribution in [2.75, 3.05) is 19.8 Å². The van der Waals surface area contributed by atoms with Gasteiger partial charge in [-0.15, -0.1) is 0 Å². The Bertz CT molecular complexity index is 678. The number of para-hydroxylation sites is 1. The van der Waals surface area contributed by atoms with E-state index in [4.69, 9.17) is 18.9 Å². The molecule has 1 heterocycles. The Balaban J connectivity index is 1.82. The minimum Gasteiger partial charge on any atom is -0.434 e. The van der Waals surface area contributed by atoms with Crippen LogP contribution in [-0.2, 0) is 14.2 Å². The van der Waals surface area contributed by atoms with E-state index < -0.39 is 43.5 Å². The second-order valence-electron chi connectivity index (χ2n) is 8.20. The van der Waals surface area contributed by atoms with E-state index in [0.29, 0.717) is 5.75 Å². The number of carbonyl (C=O) groups is 1. The minimum atomic E-state index is -1.50. The van der Waals surface area contributed by atoms with Gasteiger partial charge in [0.1, 0.15) is 30.2 Å². The fraction of sp³-hybridized carbons (Fsp3) is 0.682. The van der Waals surface area contributed by atoms with E-state index in [0.717, 1.165) is 11.1 Å². The van der Waals surface area contributed by atoms with Gasteiger partial charge in [-0.25, -0.2) is 4.79 Å². The van der Waals surface area contributed by atoms with Gasteiger partial charge in [0.2, 0.25) is 0 Å². The molecule has 0 amide bonds. The number of carbonyl (C=O) groups excluding carboxylic acids is 1. The molecule has 0 aliphatic carbocycles. The minimum absolute atomic E-state index is 0.0110. The molecule has 31 heavy (non-hydrogen) atoms. The van der Waals surface area contributed by atoms with Gasteiger partial charge in [0.25, 0.3) is 0 Å². The fourth-order valence-corrected chi connectivity index (χ4v) is 3.33. The maximum Gasteiger partial charge on any atom is 0.513 e. The van der Waals surface area contributed by atoms with Crippen molar-refractivity contribution in [1.29, 1.82) is 0 Å². The SMILES string of the molecule is CC(C)c1cccc(C(C)C)c1OC(=O)OCCCOC1OC(CO)[C@@H](O)C(O)[C@H]1O. The molecule has 1 aliphatic heterocycles. The Labute approximate surface area is 182 Å². The lowest BCUT2D eigenvalue weighted by molar-refractivity contribution is -0.301. The topological polar surface area (TPSA) is 135 Å². The van der Waals surface area contributed by atoms with E-state index in [-0.39, 0.29) is 31.5 Å². The summed E-state index contributed by atoms with van der Waals surface area (Å²) in [4.78, 5) is 12.2. The molecule has 1 saturated heterocycles. The van der Waals surface area contributed by atoms with Gasteiger partial charge in [-0.3, -0.25) is 0 Å². The van der Waals surface area contributed by atoms with Crippen LogP contribution in [0.15, 0.2) is 18.2 Å². The number of hydrogen-bond donors (Lipinski definition) is 4. The molecule has 1 aromatic carbocycles. The highest BCUT2D eigenvalue weighted by molar-refractivity contribution is 5.66. The van der Waals surface area contributed by atoms with Crippen LogP contribution in [0.5, 0.6) is 5.75 Å². The zero-order valence-electron chi connectivity index (χ0n) is 18.4. The van der Waals surface area contributed by atoms with Gasteiger partial charge in [-0.1, -0.05) is 45.9 Å². The highest BCUT2D eigenvalue weighted by Crippen LogP contribution is 2.34. The molecule has 9 nitrogen and oxygen atoms in total. The molecule has 2 rings (SSSR count). The first-order chi connectivity index (χ1) is 14.7. The van der Waals surface area contributed by atoms with Gasteiger partial charge in [-0.05, 0) is 23.0 Å². The quantitative estimate of drug-likeness (QED) is 0.256. The van der Waals surface area contributed by atoms with E-state index in [9.17, 15) is 25.2 Å². The molecule has 5 atom stereocenters. The van der Waals surface area contributed by atoms with Crippen LogP contribution in [-0.4, -0.2) is 77.1 Å². The van der Waals surface area contributed by atoms with Gasteiger partial charge in [-0.2, -0.15) is 0 Å². The summed E-state index contributed by atoms with van der Waals surface area (Å²) in [6, 6.07) is 5.79. The molecule has 0 bridgehead atoms. The number of aliphatic hydroxyl groups is 4. The Hall–Kier alpha value is -1.75. The summed E-state index contributed by atoms with van der Waals surface area (Å²) >= 11 is 0. The molecule has 1 fully saturated rings. The molecule has 4 N–H and O–H groups in total. The third-order valence-electron chi connectivity index (χ3n) is 5.14. The van der Waals surface area contributed by atoms with Gasteiger partial charge < -0.3 is 39.4 Å². The summed E-state index contributed by atoms with van der Waals surface area (Å²) < 4.78 is 21.3. The van der Waals surface area contributed by atoms with Gasteiger partial charge in [0, 0.05) is 6.42 Å². The van der Waals surface area contributed by atoms with Crippen molar-refractivity contribution < 1.29 is 44.2 Å². The molecule has 176 valence electrons. The van der Waals surface area contributed by atoms with Crippen LogP contribution >= 0.6 is 0 Å². The Morgan fingerprint density at radius 1 is 1.00 bits per heavy atom. The first-order valence-corrected chi connectivity index (χ1v) is 10.6. The van der Waals surface area contributed by atoms with Crippen LogP contribution in [0.4, 0.5) is 4.79 Å². The Kier molecular flexibility index (Phi) is 9.67. The van der Waals surface area contributed by atoms with Crippen LogP contribution in [0.1, 0.15) is 57.1 Å². The molecule has 0 radical (unpaired) electrons. The van der Waals surface area contributed by atoms with E-state index >= 15 is 0 Å². The lowest BCUT2D eigenvalue weighted by Crippen LogP contribution is -2.59. The standard InChI is InChI=1S/C22H34O9/c1-12(2)14-7-5-8-15(13(3)4)20(14)31-22(27)29-10-6-9-28-21-19(26)18(25)17(24)16(11-23)30-21/h5,7-8,12-13,16-19,21,23-26H,6,9-11H2,1-4H3/t16?,17-,18?,19-,21?/m1/s1. The second kappa shape index (κ2) is 11.8. The van der Waals surface area contributed by atoms with Crippen LogP contribution in [0, 0.1) is 0 Å². The van der Waals surface area contributed by atoms with Crippen molar-refractivity contribution in [3.8, 4) is 5.75 Å². The molecular formula is C22H34O9. The van der Waals surface area contributed by atoms with Crippen LogP contribution < -0.4 is 4.74 Å². The van der Waals surface area contributed by atoms with Crippen LogP contribution in [0.2, 0.25) is 0 Å². The maximum absolute atomic E-state index is 12.2. The molecule has 1 aromatic rings. The number of benzene rings is 1. The molecular weight excluding hydrogens is 408 g/mol. The molecule has 3 unspecified atom stereocenters. The largest absolute Gasteiger partial charge is 0.513 e. The van der Waals surface area contributed by atoms with Crippen molar-refractivity contribution in [1.82, 2.24) is 0 Å². The molecule has 1 aliphatic rings. The molecule has 0 spiro atoms. The predicted octanol–water partition coefficient (Wildman–Crippen LogP) is 1.66. The Morgan fingerprint density at radius 2 is 1.61 bits per heavy atom. The summed E-state index contributed by atoms with van der Waals surface area (Å²) in [5.41, 5.74) is 1.85. The maximum atomic E-state index is 12.2. The molecule has 9 heteroatoms. The highest BCUT2D eigenvalue weighted by Gasteiger charge is 2.43. The number of ether oxygens (including phenoxy) is 4. The van der Waals surface area contributed by atoms with E-state index in [1.807, 2.05) is 45.9 Å². The molecule has 0 aromatic heterocycles. The van der Waals surface area contributed by atoms with Crippen molar-refractivity contribution in [2.24, 2.45) is 0 Å². The molecule has 0 saturated carbocycles. The fourth-order valence-electron chi connectivity index (χ4n) is 3.33. The average molecular weight is 443 g/mol. The third-order valence-corrected chi connectivity index (χ3v) is 5.14. The van der Waals surface area contributed by atoms with Crippen molar-refractivity contribution >= 4 is 6.16 Å². The third kappa shape index (κ3) is 6.61. The Morgan fingerprint density at radius 3 is 2.16 bits per heavy atom. The number of hydrogen-bond acceptors (Lipinski definition) is 9. The number of aliphatic hydroxyl groups excluding tert-OH is 4. The van der Waals surface area contributed by atoms with Gasteiger partial charge >= 0.3 is 6.16 Å². The van der Waals surface area contributed by atoms with Gasteiger partial charge in [0.05, 0.1) is 19.8 Å². The van der Waals surface area contributed by atoms with Gasteiger partial charge in [0.15, 0.2) is 6.29 Å². The summed E-state index contributed by atoms with van der Waals surface area (Å²) in [5.74, 6) is 0.872. The summed E-state index contributed by atoms with van der Waals surface area (Å²) in [5, 5.41) is 38.6.